The van der Waals surface area contributed by atoms with Gasteiger partial charge in [-0.3, -0.25) is 4.90 Å². The zero-order chi connectivity index (χ0) is 16.4. The molecule has 0 saturated carbocycles. The Labute approximate surface area is 127 Å². The summed E-state index contributed by atoms with van der Waals surface area (Å²) < 4.78 is 27.7. The largest absolute Gasteiger partial charge is 0.409 e. The zero-order valence-corrected chi connectivity index (χ0v) is 14.3. The molecule has 0 aromatic heterocycles. The predicted octanol–water partition coefficient (Wildman–Crippen LogP) is -0.286. The lowest BCUT2D eigenvalue weighted by atomic mass is 10.0. The van der Waals surface area contributed by atoms with E-state index in [1.54, 1.807) is 7.05 Å². The first-order valence-corrected chi connectivity index (χ1v) is 8.41. The summed E-state index contributed by atoms with van der Waals surface area (Å²) in [5.74, 6) is 0.123. The van der Waals surface area contributed by atoms with Crippen molar-refractivity contribution in [2.24, 2.45) is 10.9 Å². The molecule has 0 aromatic carbocycles. The average Bonchev–Trinajstić information content (AvgIpc) is 2.45. The molecular weight excluding hydrogens is 294 g/mol. The van der Waals surface area contributed by atoms with Crippen molar-refractivity contribution < 1.29 is 13.6 Å². The summed E-state index contributed by atoms with van der Waals surface area (Å²) in [6.07, 6.45) is 0. The van der Waals surface area contributed by atoms with Gasteiger partial charge in [0.2, 0.25) is 0 Å². The Morgan fingerprint density at radius 3 is 2.14 bits per heavy atom. The minimum atomic E-state index is -3.43. The highest BCUT2D eigenvalue weighted by atomic mass is 32.2. The first kappa shape index (κ1) is 18.1. The lowest BCUT2D eigenvalue weighted by Gasteiger charge is -2.43. The van der Waals surface area contributed by atoms with Gasteiger partial charge in [0.15, 0.2) is 5.84 Å². The van der Waals surface area contributed by atoms with Crippen LogP contribution in [0.3, 0.4) is 0 Å². The fraction of sp³-hybridized carbons (Fsp3) is 0.917. The monoisotopic (exact) mass is 321 g/mol. The van der Waals surface area contributed by atoms with Gasteiger partial charge < -0.3 is 10.9 Å². The number of rotatable bonds is 5. The van der Waals surface area contributed by atoms with Crippen LogP contribution in [0.4, 0.5) is 0 Å². The first-order valence-electron chi connectivity index (χ1n) is 7.01. The first-order chi connectivity index (χ1) is 9.55. The summed E-state index contributed by atoms with van der Waals surface area (Å²) in [4.78, 5) is 2.02. The minimum absolute atomic E-state index is 0.0818. The lowest BCUT2D eigenvalue weighted by Crippen LogP contribution is -2.61. The summed E-state index contributed by atoms with van der Waals surface area (Å²) in [5.41, 5.74) is 5.11. The fourth-order valence-electron chi connectivity index (χ4n) is 2.21. The van der Waals surface area contributed by atoms with Crippen LogP contribution in [0.2, 0.25) is 0 Å². The van der Waals surface area contributed by atoms with Crippen molar-refractivity contribution in [3.8, 4) is 0 Å². The standard InChI is InChI=1S/C12H27N5O3S/c1-10(2)15(5)21(19,20)17-8-6-16(7-9-17)12(3,4)11(13)14-18/h10,18H,6-9H2,1-5H3,(H2,13,14). The van der Waals surface area contributed by atoms with Crippen molar-refractivity contribution in [1.82, 2.24) is 13.5 Å². The van der Waals surface area contributed by atoms with Gasteiger partial charge in [0.1, 0.15) is 0 Å². The second-order valence-corrected chi connectivity index (χ2v) is 8.04. The molecule has 0 aliphatic carbocycles. The molecule has 0 bridgehead atoms. The molecule has 0 radical (unpaired) electrons. The third-order valence-corrected chi connectivity index (χ3v) is 6.35. The molecule has 1 aliphatic rings. The van der Waals surface area contributed by atoms with E-state index >= 15 is 0 Å². The predicted molar refractivity (Wildman–Crippen MR) is 82.5 cm³/mol. The molecule has 1 aliphatic heterocycles. The van der Waals surface area contributed by atoms with E-state index < -0.39 is 15.7 Å². The summed E-state index contributed by atoms with van der Waals surface area (Å²) >= 11 is 0. The topological polar surface area (TPSA) is 102 Å². The van der Waals surface area contributed by atoms with Crippen LogP contribution in [0, 0.1) is 0 Å². The Bertz CT molecular complexity index is 481. The second kappa shape index (κ2) is 6.47. The Hall–Kier alpha value is -0.900. The number of nitrogens with two attached hydrogens (primary N) is 1. The SMILES string of the molecule is CC(C)N(C)S(=O)(=O)N1CCN(C(C)(C)C(N)=NO)CC1. The number of amidine groups is 1. The van der Waals surface area contributed by atoms with Crippen LogP contribution in [-0.4, -0.2) is 77.8 Å². The Morgan fingerprint density at radius 1 is 1.29 bits per heavy atom. The summed E-state index contributed by atoms with van der Waals surface area (Å²) in [6.45, 7) is 9.25. The van der Waals surface area contributed by atoms with Crippen LogP contribution >= 0.6 is 0 Å². The molecule has 0 spiro atoms. The second-order valence-electron chi connectivity index (χ2n) is 6.05. The molecular formula is C12H27N5O3S. The molecule has 3 N–H and O–H groups in total. The molecule has 21 heavy (non-hydrogen) atoms. The van der Waals surface area contributed by atoms with Crippen LogP contribution in [0.1, 0.15) is 27.7 Å². The van der Waals surface area contributed by atoms with E-state index in [0.717, 1.165) is 0 Å². The highest BCUT2D eigenvalue weighted by molar-refractivity contribution is 7.86. The molecule has 1 fully saturated rings. The lowest BCUT2D eigenvalue weighted by molar-refractivity contribution is 0.115. The van der Waals surface area contributed by atoms with Crippen LogP contribution in [0.5, 0.6) is 0 Å². The van der Waals surface area contributed by atoms with Crippen LogP contribution in [0.15, 0.2) is 5.16 Å². The Morgan fingerprint density at radius 2 is 1.76 bits per heavy atom. The van der Waals surface area contributed by atoms with E-state index in [9.17, 15) is 8.42 Å². The molecule has 9 heteroatoms. The van der Waals surface area contributed by atoms with Crippen molar-refractivity contribution in [2.45, 2.75) is 39.3 Å². The zero-order valence-electron chi connectivity index (χ0n) is 13.4. The quantitative estimate of drug-likeness (QED) is 0.314. The van der Waals surface area contributed by atoms with E-state index in [1.165, 1.54) is 8.61 Å². The fourth-order valence-corrected chi connectivity index (χ4v) is 3.73. The number of hydrogen-bond acceptors (Lipinski definition) is 5. The molecule has 0 amide bonds. The van der Waals surface area contributed by atoms with Gasteiger partial charge >= 0.3 is 0 Å². The Kier molecular flexibility index (Phi) is 5.59. The molecule has 0 atom stereocenters. The number of nitrogens with zero attached hydrogens (tertiary/aromatic N) is 4. The van der Waals surface area contributed by atoms with E-state index in [0.29, 0.717) is 26.2 Å². The molecule has 1 heterocycles. The molecule has 1 rings (SSSR count). The normalized spacial score (nSPS) is 20.4. The van der Waals surface area contributed by atoms with Gasteiger partial charge in [0.25, 0.3) is 10.2 Å². The van der Waals surface area contributed by atoms with E-state index in [4.69, 9.17) is 10.9 Å². The number of piperazine rings is 1. The number of oxime groups is 1. The van der Waals surface area contributed by atoms with Crippen LogP contribution < -0.4 is 5.73 Å². The van der Waals surface area contributed by atoms with Gasteiger partial charge in [0, 0.05) is 39.3 Å². The van der Waals surface area contributed by atoms with Gasteiger partial charge in [0.05, 0.1) is 5.54 Å². The highest BCUT2D eigenvalue weighted by Gasteiger charge is 2.37. The smallest absolute Gasteiger partial charge is 0.282 e. The third-order valence-electron chi connectivity index (χ3n) is 4.18. The summed E-state index contributed by atoms with van der Waals surface area (Å²) in [5, 5.41) is 11.9. The minimum Gasteiger partial charge on any atom is -0.409 e. The van der Waals surface area contributed by atoms with Crippen molar-refractivity contribution in [3.05, 3.63) is 0 Å². The molecule has 0 aromatic rings. The van der Waals surface area contributed by atoms with Crippen molar-refractivity contribution in [1.29, 1.82) is 0 Å². The van der Waals surface area contributed by atoms with E-state index in [1.807, 2.05) is 32.6 Å². The summed E-state index contributed by atoms with van der Waals surface area (Å²) in [6, 6.07) is -0.0818. The van der Waals surface area contributed by atoms with Crippen molar-refractivity contribution >= 4 is 16.0 Å². The average molecular weight is 321 g/mol. The number of hydrogen-bond donors (Lipinski definition) is 2. The van der Waals surface area contributed by atoms with Gasteiger partial charge in [-0.15, -0.1) is 0 Å². The third kappa shape index (κ3) is 3.65. The summed E-state index contributed by atoms with van der Waals surface area (Å²) in [7, 11) is -1.84. The van der Waals surface area contributed by atoms with Gasteiger partial charge in [-0.05, 0) is 27.7 Å². The van der Waals surface area contributed by atoms with Crippen LogP contribution in [0.25, 0.3) is 0 Å². The van der Waals surface area contributed by atoms with E-state index in [-0.39, 0.29) is 11.9 Å². The van der Waals surface area contributed by atoms with Crippen molar-refractivity contribution in [3.63, 3.8) is 0 Å². The maximum absolute atomic E-state index is 12.4. The molecule has 1 saturated heterocycles. The maximum Gasteiger partial charge on any atom is 0.282 e. The van der Waals surface area contributed by atoms with E-state index in [2.05, 4.69) is 5.16 Å². The van der Waals surface area contributed by atoms with Crippen LogP contribution in [-0.2, 0) is 10.2 Å². The highest BCUT2D eigenvalue weighted by Crippen LogP contribution is 2.20. The molecule has 124 valence electrons. The maximum atomic E-state index is 12.4. The van der Waals surface area contributed by atoms with Gasteiger partial charge in [-0.25, -0.2) is 0 Å². The Balaban J connectivity index is 2.77. The van der Waals surface area contributed by atoms with Gasteiger partial charge in [-0.2, -0.15) is 17.0 Å². The molecule has 8 nitrogen and oxygen atoms in total. The van der Waals surface area contributed by atoms with Crippen molar-refractivity contribution in [2.75, 3.05) is 33.2 Å². The van der Waals surface area contributed by atoms with Gasteiger partial charge in [-0.1, -0.05) is 5.16 Å². The molecule has 0 unspecified atom stereocenters.